The van der Waals surface area contributed by atoms with Gasteiger partial charge in [0.1, 0.15) is 17.8 Å². The van der Waals surface area contributed by atoms with Crippen molar-refractivity contribution in [1.29, 1.82) is 0 Å². The summed E-state index contributed by atoms with van der Waals surface area (Å²) in [6.07, 6.45) is -2.48. The van der Waals surface area contributed by atoms with E-state index in [2.05, 4.69) is 5.32 Å². The largest absolute Gasteiger partial charge is 0.444 e. The predicted octanol–water partition coefficient (Wildman–Crippen LogP) is 4.53. The van der Waals surface area contributed by atoms with Gasteiger partial charge in [-0.15, -0.1) is 0 Å². The van der Waals surface area contributed by atoms with E-state index in [1.807, 2.05) is 0 Å². The first-order valence-electron chi connectivity index (χ1n) is 10.2. The standard InChI is InChI=1S/C23H24ClF2N3O4/c1-23(2,3)33-22(32)29-11-13(25)10-18(29)21(31)28-17-6-4-5-14(19(17)26)15-9-12(20(27)30)7-8-16(15)24/h4-9,13,18H,10-11H2,1-3H3,(H2,27,30)(H,28,31)/t13-,18+/m1/s1. The second-order valence-corrected chi connectivity index (χ2v) is 9.10. The highest BCUT2D eigenvalue weighted by Crippen LogP contribution is 2.34. The third-order valence-electron chi connectivity index (χ3n) is 4.98. The van der Waals surface area contributed by atoms with Gasteiger partial charge in [0.2, 0.25) is 11.8 Å². The number of benzene rings is 2. The van der Waals surface area contributed by atoms with E-state index in [0.717, 1.165) is 4.90 Å². The molecule has 7 nitrogen and oxygen atoms in total. The van der Waals surface area contributed by atoms with E-state index in [9.17, 15) is 18.8 Å². The van der Waals surface area contributed by atoms with Crippen molar-refractivity contribution < 1.29 is 27.9 Å². The summed E-state index contributed by atoms with van der Waals surface area (Å²) in [5, 5.41) is 2.60. The average molecular weight is 480 g/mol. The molecule has 0 spiro atoms. The number of halogens is 3. The minimum absolute atomic E-state index is 0.0275. The topological polar surface area (TPSA) is 102 Å². The summed E-state index contributed by atoms with van der Waals surface area (Å²) in [5.74, 6) is -2.27. The molecule has 3 amide bonds. The lowest BCUT2D eigenvalue weighted by atomic mass is 10.0. The monoisotopic (exact) mass is 479 g/mol. The molecule has 1 fully saturated rings. The zero-order valence-corrected chi connectivity index (χ0v) is 19.1. The van der Waals surface area contributed by atoms with Gasteiger partial charge in [-0.1, -0.05) is 23.7 Å². The van der Waals surface area contributed by atoms with E-state index in [0.29, 0.717) is 0 Å². The molecule has 1 heterocycles. The predicted molar refractivity (Wildman–Crippen MR) is 120 cm³/mol. The van der Waals surface area contributed by atoms with Crippen LogP contribution in [0.15, 0.2) is 36.4 Å². The number of amides is 3. The van der Waals surface area contributed by atoms with Crippen LogP contribution in [0.25, 0.3) is 11.1 Å². The Hall–Kier alpha value is -3.20. The maximum Gasteiger partial charge on any atom is 0.411 e. The second kappa shape index (κ2) is 9.35. The lowest BCUT2D eigenvalue weighted by Gasteiger charge is -2.27. The molecule has 2 aromatic rings. The minimum Gasteiger partial charge on any atom is -0.444 e. The van der Waals surface area contributed by atoms with Crippen LogP contribution in [0, 0.1) is 5.82 Å². The molecule has 2 aromatic carbocycles. The van der Waals surface area contributed by atoms with E-state index >= 15 is 4.39 Å². The molecule has 0 bridgehead atoms. The van der Waals surface area contributed by atoms with Gasteiger partial charge in [0.15, 0.2) is 5.82 Å². The molecule has 10 heteroatoms. The Labute approximate surface area is 194 Å². The molecule has 0 aromatic heterocycles. The molecular formula is C23H24ClF2N3O4. The Bertz CT molecular complexity index is 1100. The highest BCUT2D eigenvalue weighted by molar-refractivity contribution is 6.33. The number of alkyl halides is 1. The van der Waals surface area contributed by atoms with Crippen molar-refractivity contribution in [3.63, 3.8) is 0 Å². The summed E-state index contributed by atoms with van der Waals surface area (Å²) in [7, 11) is 0. The van der Waals surface area contributed by atoms with E-state index in [1.54, 1.807) is 20.8 Å². The van der Waals surface area contributed by atoms with Crippen molar-refractivity contribution in [3.05, 3.63) is 52.8 Å². The van der Waals surface area contributed by atoms with Gasteiger partial charge in [-0.3, -0.25) is 14.5 Å². The van der Waals surface area contributed by atoms with Crippen molar-refractivity contribution in [3.8, 4) is 11.1 Å². The lowest BCUT2D eigenvalue weighted by molar-refractivity contribution is -0.120. The van der Waals surface area contributed by atoms with Gasteiger partial charge in [0.05, 0.1) is 12.2 Å². The number of nitrogens with one attached hydrogen (secondary N) is 1. The molecule has 3 rings (SSSR count). The summed E-state index contributed by atoms with van der Waals surface area (Å²) in [4.78, 5) is 37.8. The fourth-order valence-electron chi connectivity index (χ4n) is 3.49. The molecule has 33 heavy (non-hydrogen) atoms. The van der Waals surface area contributed by atoms with Crippen LogP contribution in [0.3, 0.4) is 0 Å². The molecule has 0 saturated carbocycles. The first-order valence-corrected chi connectivity index (χ1v) is 10.6. The number of nitrogens with two attached hydrogens (primary N) is 1. The van der Waals surface area contributed by atoms with Gasteiger partial charge in [0, 0.05) is 28.1 Å². The Morgan fingerprint density at radius 1 is 1.18 bits per heavy atom. The average Bonchev–Trinajstić information content (AvgIpc) is 3.11. The maximum absolute atomic E-state index is 15.3. The number of ether oxygens (including phenoxy) is 1. The second-order valence-electron chi connectivity index (χ2n) is 8.70. The number of rotatable bonds is 4. The van der Waals surface area contributed by atoms with Crippen molar-refractivity contribution in [2.75, 3.05) is 11.9 Å². The number of carbonyl (C=O) groups excluding carboxylic acids is 3. The highest BCUT2D eigenvalue weighted by atomic mass is 35.5. The van der Waals surface area contributed by atoms with E-state index < -0.39 is 41.5 Å². The first kappa shape index (κ1) is 24.4. The number of nitrogens with zero attached hydrogens (tertiary/aromatic N) is 1. The first-order chi connectivity index (χ1) is 15.4. The molecule has 176 valence electrons. The lowest BCUT2D eigenvalue weighted by Crippen LogP contribution is -2.45. The van der Waals surface area contributed by atoms with Gasteiger partial charge in [-0.2, -0.15) is 0 Å². The molecule has 3 N–H and O–H groups in total. The number of anilines is 1. The van der Waals surface area contributed by atoms with Crippen LogP contribution in [-0.4, -0.2) is 47.2 Å². The molecule has 2 atom stereocenters. The highest BCUT2D eigenvalue weighted by Gasteiger charge is 2.42. The molecule has 0 radical (unpaired) electrons. The van der Waals surface area contributed by atoms with Crippen molar-refractivity contribution in [2.45, 2.75) is 45.0 Å². The van der Waals surface area contributed by atoms with Crippen LogP contribution in [-0.2, 0) is 9.53 Å². The number of carbonyl (C=O) groups is 3. The number of hydrogen-bond donors (Lipinski definition) is 2. The third-order valence-corrected chi connectivity index (χ3v) is 5.31. The van der Waals surface area contributed by atoms with E-state index in [1.165, 1.54) is 36.4 Å². The van der Waals surface area contributed by atoms with Crippen molar-refractivity contribution in [2.24, 2.45) is 5.73 Å². The fourth-order valence-corrected chi connectivity index (χ4v) is 3.71. The van der Waals surface area contributed by atoms with Gasteiger partial charge >= 0.3 is 6.09 Å². The van der Waals surface area contributed by atoms with E-state index in [4.69, 9.17) is 22.1 Å². The van der Waals surface area contributed by atoms with Crippen LogP contribution < -0.4 is 11.1 Å². The van der Waals surface area contributed by atoms with Crippen LogP contribution in [0.5, 0.6) is 0 Å². The maximum atomic E-state index is 15.3. The quantitative estimate of drug-likeness (QED) is 0.672. The normalized spacial score (nSPS) is 18.2. The number of likely N-dealkylation sites (tertiary alicyclic amines) is 1. The Balaban J connectivity index is 1.87. The summed E-state index contributed by atoms with van der Waals surface area (Å²) >= 11 is 6.19. The van der Waals surface area contributed by atoms with Gasteiger partial charge in [-0.25, -0.2) is 13.6 Å². The Morgan fingerprint density at radius 2 is 1.88 bits per heavy atom. The fraction of sp³-hybridized carbons (Fsp3) is 0.348. The van der Waals surface area contributed by atoms with Crippen molar-refractivity contribution in [1.82, 2.24) is 4.90 Å². The third kappa shape index (κ3) is 5.60. The molecule has 0 aliphatic carbocycles. The van der Waals surface area contributed by atoms with Gasteiger partial charge in [-0.05, 0) is 45.0 Å². The van der Waals surface area contributed by atoms with Crippen LogP contribution in [0.4, 0.5) is 19.3 Å². The molecule has 1 aliphatic heterocycles. The zero-order valence-electron chi connectivity index (χ0n) is 18.3. The minimum atomic E-state index is -1.42. The van der Waals surface area contributed by atoms with Gasteiger partial charge < -0.3 is 15.8 Å². The molecule has 0 unspecified atom stereocenters. The molecule has 1 saturated heterocycles. The summed E-state index contributed by atoms with van der Waals surface area (Å²) in [6, 6.07) is 7.25. The number of primary amides is 1. The summed E-state index contributed by atoms with van der Waals surface area (Å²) in [5.41, 5.74) is 4.65. The van der Waals surface area contributed by atoms with Crippen molar-refractivity contribution >= 4 is 35.2 Å². The van der Waals surface area contributed by atoms with Crippen LogP contribution in [0.1, 0.15) is 37.6 Å². The van der Waals surface area contributed by atoms with Crippen LogP contribution >= 0.6 is 11.6 Å². The molecule has 1 aliphatic rings. The zero-order chi connectivity index (χ0) is 24.5. The van der Waals surface area contributed by atoms with Crippen LogP contribution in [0.2, 0.25) is 5.02 Å². The number of hydrogen-bond acceptors (Lipinski definition) is 4. The summed E-state index contributed by atoms with van der Waals surface area (Å²) in [6.45, 7) is 4.66. The Morgan fingerprint density at radius 3 is 2.52 bits per heavy atom. The van der Waals surface area contributed by atoms with Gasteiger partial charge in [0.25, 0.3) is 0 Å². The van der Waals surface area contributed by atoms with E-state index in [-0.39, 0.29) is 40.4 Å². The Kier molecular flexibility index (Phi) is 6.92. The molecular weight excluding hydrogens is 456 g/mol. The smallest absolute Gasteiger partial charge is 0.411 e. The summed E-state index contributed by atoms with van der Waals surface area (Å²) < 4.78 is 34.6. The SMILES string of the molecule is CC(C)(C)OC(=O)N1C[C@H](F)C[C@H]1C(=O)Nc1cccc(-c2cc(C(N)=O)ccc2Cl)c1F.